The Morgan fingerprint density at radius 1 is 1.17 bits per heavy atom. The van der Waals surface area contributed by atoms with Crippen molar-refractivity contribution in [3.05, 3.63) is 82.4 Å². The number of rotatable bonds is 3. The van der Waals surface area contributed by atoms with Crippen LogP contribution in [0, 0.1) is 11.8 Å². The summed E-state index contributed by atoms with van der Waals surface area (Å²) in [5.41, 5.74) is 3.37. The van der Waals surface area contributed by atoms with Crippen molar-refractivity contribution in [3.63, 3.8) is 0 Å². The van der Waals surface area contributed by atoms with Gasteiger partial charge in [0.25, 0.3) is 5.91 Å². The third-order valence-electron chi connectivity index (χ3n) is 10.1. The van der Waals surface area contributed by atoms with E-state index in [0.717, 1.165) is 49.4 Å². The second-order valence-electron chi connectivity index (χ2n) is 13.2. The van der Waals surface area contributed by atoms with E-state index in [1.807, 2.05) is 25.3 Å². The van der Waals surface area contributed by atoms with Gasteiger partial charge in [-0.15, -0.1) is 0 Å². The average molecular weight is 666 g/mol. The third kappa shape index (κ3) is 6.41. The Morgan fingerprint density at radius 3 is 2.87 bits per heavy atom. The highest BCUT2D eigenvalue weighted by molar-refractivity contribution is 7.90. The first-order chi connectivity index (χ1) is 22.2. The van der Waals surface area contributed by atoms with E-state index >= 15 is 0 Å². The van der Waals surface area contributed by atoms with E-state index < -0.39 is 15.9 Å². The molecule has 1 fully saturated rings. The molecule has 3 heterocycles. The lowest BCUT2D eigenvalue weighted by Crippen LogP contribution is -2.49. The number of amides is 1. The van der Waals surface area contributed by atoms with Crippen molar-refractivity contribution in [1.29, 1.82) is 0 Å². The molecular formula is C34H40ClN5O5S. The van der Waals surface area contributed by atoms with Crippen LogP contribution in [-0.4, -0.2) is 60.6 Å². The first-order valence-corrected chi connectivity index (χ1v) is 18.2. The lowest BCUT2D eigenvalue weighted by molar-refractivity contribution is -0.0248. The summed E-state index contributed by atoms with van der Waals surface area (Å²) in [6.07, 6.45) is 11.6. The molecule has 1 N–H and O–H groups in total. The van der Waals surface area contributed by atoms with Gasteiger partial charge in [-0.1, -0.05) is 29.8 Å². The first kappa shape index (κ1) is 31.2. The number of carbonyl (C=O) groups is 1. The van der Waals surface area contributed by atoms with E-state index in [2.05, 4.69) is 37.9 Å². The zero-order valence-electron chi connectivity index (χ0n) is 26.0. The van der Waals surface area contributed by atoms with Crippen molar-refractivity contribution in [3.8, 4) is 5.75 Å². The van der Waals surface area contributed by atoms with E-state index in [4.69, 9.17) is 21.1 Å². The van der Waals surface area contributed by atoms with Crippen molar-refractivity contribution in [2.24, 2.45) is 18.9 Å². The molecule has 2 aliphatic heterocycles. The molecule has 4 atom stereocenters. The molecule has 1 amide bonds. The fraction of sp³-hybridized carbons (Fsp3) is 0.500. The fourth-order valence-corrected chi connectivity index (χ4v) is 8.85. The van der Waals surface area contributed by atoms with E-state index in [-0.39, 0.29) is 23.2 Å². The largest absolute Gasteiger partial charge is 0.490 e. The van der Waals surface area contributed by atoms with Gasteiger partial charge in [0, 0.05) is 36.1 Å². The van der Waals surface area contributed by atoms with Crippen LogP contribution in [0.2, 0.25) is 5.02 Å². The third-order valence-corrected chi connectivity index (χ3v) is 11.6. The SMILES string of the molecule is Cn1cnc(CO[C@@H]2/C=C/CCCS(=O)(=O)NC(=O)c3ccc4c(c3)N(C[C@@H]3CC[C@H]32)C[C@@]2(CCCc3cc(Cl)ccc32)CO4)n1. The summed E-state index contributed by atoms with van der Waals surface area (Å²) < 4.78 is 42.7. The lowest BCUT2D eigenvalue weighted by Gasteiger charge is -2.46. The minimum Gasteiger partial charge on any atom is -0.490 e. The Bertz CT molecular complexity index is 1760. The quantitative estimate of drug-likeness (QED) is 0.391. The molecule has 12 heteroatoms. The maximum Gasteiger partial charge on any atom is 0.264 e. The predicted octanol–water partition coefficient (Wildman–Crippen LogP) is 4.96. The Balaban J connectivity index is 1.25. The van der Waals surface area contributed by atoms with E-state index in [1.165, 1.54) is 11.1 Å². The van der Waals surface area contributed by atoms with Gasteiger partial charge in [-0.3, -0.25) is 9.48 Å². The summed E-state index contributed by atoms with van der Waals surface area (Å²) in [5.74, 6) is 1.16. The Labute approximate surface area is 275 Å². The number of ether oxygens (including phenoxy) is 2. The van der Waals surface area contributed by atoms with Crippen LogP contribution in [0.15, 0.2) is 54.9 Å². The standard InChI is InChI=1S/C34H40ClN5O5S/c1-39-22-36-32(37-39)19-44-30-7-3-2-4-15-46(42,43)38-33(41)24-9-13-31-29(17-24)40(18-25-8-11-27(25)30)20-34(21-45-31)14-5-6-23-16-26(35)10-12-28(23)34/h3,7,9-10,12-13,16-17,22,25,27,30H,2,4-6,8,11,14-15,18-21H2,1H3,(H,38,41)/b7-3+/t25-,27+,30+,34-/m0/s1. The molecule has 2 aliphatic carbocycles. The summed E-state index contributed by atoms with van der Waals surface area (Å²) in [4.78, 5) is 20.0. The first-order valence-electron chi connectivity index (χ1n) is 16.2. The molecule has 0 saturated heterocycles. The molecule has 2 bridgehead atoms. The Morgan fingerprint density at radius 2 is 2.07 bits per heavy atom. The van der Waals surface area contributed by atoms with Gasteiger partial charge in [-0.05, 0) is 98.2 Å². The number of hydrogen-bond donors (Lipinski definition) is 1. The molecule has 7 rings (SSSR count). The monoisotopic (exact) mass is 665 g/mol. The normalized spacial score (nSPS) is 28.2. The van der Waals surface area contributed by atoms with Crippen LogP contribution in [0.3, 0.4) is 0 Å². The van der Waals surface area contributed by atoms with Gasteiger partial charge in [0.05, 0.1) is 24.2 Å². The second kappa shape index (κ2) is 12.7. The summed E-state index contributed by atoms with van der Waals surface area (Å²) in [5, 5.41) is 5.13. The minimum atomic E-state index is -3.81. The number of allylic oxidation sites excluding steroid dienone is 1. The van der Waals surface area contributed by atoms with Crippen LogP contribution >= 0.6 is 11.6 Å². The summed E-state index contributed by atoms with van der Waals surface area (Å²) >= 11 is 6.43. The molecular weight excluding hydrogens is 626 g/mol. The molecule has 1 spiro atoms. The highest BCUT2D eigenvalue weighted by atomic mass is 35.5. The molecule has 244 valence electrons. The van der Waals surface area contributed by atoms with E-state index in [0.29, 0.717) is 55.7 Å². The number of carbonyl (C=O) groups excluding carboxylic acids is 1. The molecule has 1 aromatic heterocycles. The van der Waals surface area contributed by atoms with Crippen molar-refractivity contribution < 1.29 is 22.7 Å². The number of benzene rings is 2. The number of sulfonamides is 1. The number of halogens is 1. The van der Waals surface area contributed by atoms with Crippen LogP contribution in [0.4, 0.5) is 5.69 Å². The van der Waals surface area contributed by atoms with Crippen LogP contribution in [-0.2, 0) is 40.3 Å². The maximum atomic E-state index is 13.2. The van der Waals surface area contributed by atoms with Gasteiger partial charge in [0.1, 0.15) is 18.7 Å². The molecule has 46 heavy (non-hydrogen) atoms. The molecule has 4 aliphatic rings. The summed E-state index contributed by atoms with van der Waals surface area (Å²) in [7, 11) is -1.98. The number of aryl methyl sites for hydroxylation is 2. The predicted molar refractivity (Wildman–Crippen MR) is 176 cm³/mol. The highest BCUT2D eigenvalue weighted by Gasteiger charge is 2.44. The fourth-order valence-electron chi connectivity index (χ4n) is 7.61. The number of anilines is 1. The zero-order valence-corrected chi connectivity index (χ0v) is 27.6. The number of nitrogens with zero attached hydrogens (tertiary/aromatic N) is 4. The van der Waals surface area contributed by atoms with Crippen molar-refractivity contribution in [2.45, 2.75) is 63.1 Å². The molecule has 3 aromatic rings. The molecule has 0 radical (unpaired) electrons. The zero-order chi connectivity index (χ0) is 31.9. The Hall–Kier alpha value is -3.41. The summed E-state index contributed by atoms with van der Waals surface area (Å²) in [6, 6.07) is 11.5. The molecule has 10 nitrogen and oxygen atoms in total. The Kier molecular flexibility index (Phi) is 8.58. The number of fused-ring (bicyclic) bond motifs is 4. The molecule has 2 aromatic carbocycles. The lowest BCUT2D eigenvalue weighted by atomic mass is 9.68. The van der Waals surface area contributed by atoms with Gasteiger partial charge < -0.3 is 14.4 Å². The summed E-state index contributed by atoms with van der Waals surface area (Å²) in [6.45, 7) is 2.27. The number of aromatic nitrogens is 3. The van der Waals surface area contributed by atoms with Crippen LogP contribution in [0.5, 0.6) is 5.75 Å². The van der Waals surface area contributed by atoms with Gasteiger partial charge in [-0.25, -0.2) is 18.1 Å². The smallest absolute Gasteiger partial charge is 0.264 e. The van der Waals surface area contributed by atoms with Gasteiger partial charge in [0.15, 0.2) is 5.82 Å². The second-order valence-corrected chi connectivity index (χ2v) is 15.5. The number of hydrogen-bond acceptors (Lipinski definition) is 8. The van der Waals surface area contributed by atoms with Gasteiger partial charge in [0.2, 0.25) is 10.0 Å². The van der Waals surface area contributed by atoms with Crippen LogP contribution in [0.25, 0.3) is 0 Å². The van der Waals surface area contributed by atoms with Gasteiger partial charge in [-0.2, -0.15) is 5.10 Å². The van der Waals surface area contributed by atoms with E-state index in [1.54, 1.807) is 23.1 Å². The average Bonchev–Trinajstić information content (AvgIpc) is 3.37. The molecule has 1 saturated carbocycles. The topological polar surface area (TPSA) is 116 Å². The van der Waals surface area contributed by atoms with Crippen molar-refractivity contribution in [1.82, 2.24) is 19.5 Å². The maximum absolute atomic E-state index is 13.2. The van der Waals surface area contributed by atoms with Crippen molar-refractivity contribution >= 4 is 33.2 Å². The molecule has 0 unspecified atom stereocenters. The van der Waals surface area contributed by atoms with Crippen LogP contribution in [0.1, 0.15) is 65.8 Å². The highest BCUT2D eigenvalue weighted by Crippen LogP contribution is 2.47. The van der Waals surface area contributed by atoms with E-state index in [9.17, 15) is 13.2 Å². The minimum absolute atomic E-state index is 0.148. The van der Waals surface area contributed by atoms with Gasteiger partial charge >= 0.3 is 0 Å². The number of nitrogens with one attached hydrogen (secondary N) is 1. The van der Waals surface area contributed by atoms with Crippen molar-refractivity contribution in [2.75, 3.05) is 30.3 Å². The van der Waals surface area contributed by atoms with Crippen LogP contribution < -0.4 is 14.4 Å².